The molecule has 0 saturated heterocycles. The lowest BCUT2D eigenvalue weighted by Crippen LogP contribution is -2.12. The van der Waals surface area contributed by atoms with Crippen LogP contribution < -0.4 is 5.32 Å². The first-order valence-electron chi connectivity index (χ1n) is 5.83. The Morgan fingerprint density at radius 1 is 1.25 bits per heavy atom. The normalized spacial score (nSPS) is 10.7. The lowest BCUT2D eigenvalue weighted by Gasteiger charge is -2.07. The van der Waals surface area contributed by atoms with Gasteiger partial charge in [0.25, 0.3) is 5.91 Å². The SMILES string of the molecule is O=C(Nc1ccc2[nH]ncc2c1)c1ccc(Br)cc1Cl. The predicted molar refractivity (Wildman–Crippen MR) is 83.2 cm³/mol. The molecule has 20 heavy (non-hydrogen) atoms. The Kier molecular flexibility index (Phi) is 3.46. The molecule has 0 aliphatic heterocycles. The van der Waals surface area contributed by atoms with Gasteiger partial charge in [-0.05, 0) is 36.4 Å². The molecule has 0 spiro atoms. The maximum Gasteiger partial charge on any atom is 0.257 e. The molecule has 0 fully saturated rings. The summed E-state index contributed by atoms with van der Waals surface area (Å²) in [5, 5.41) is 11.0. The zero-order chi connectivity index (χ0) is 14.1. The van der Waals surface area contributed by atoms with Crippen LogP contribution in [0.15, 0.2) is 47.1 Å². The number of benzene rings is 2. The largest absolute Gasteiger partial charge is 0.322 e. The quantitative estimate of drug-likeness (QED) is 0.726. The fraction of sp³-hybridized carbons (Fsp3) is 0. The average Bonchev–Trinajstić information content (AvgIpc) is 2.85. The first-order chi connectivity index (χ1) is 9.63. The Balaban J connectivity index is 1.87. The van der Waals surface area contributed by atoms with Crippen LogP contribution in [0.3, 0.4) is 0 Å². The molecular weight excluding hydrogens is 342 g/mol. The molecule has 6 heteroatoms. The molecule has 2 N–H and O–H groups in total. The molecule has 0 unspecified atom stereocenters. The smallest absolute Gasteiger partial charge is 0.257 e. The molecule has 1 heterocycles. The molecule has 1 amide bonds. The van der Waals surface area contributed by atoms with E-state index in [0.717, 1.165) is 15.4 Å². The molecule has 0 aliphatic rings. The van der Waals surface area contributed by atoms with Crippen LogP contribution in [0.2, 0.25) is 5.02 Å². The fourth-order valence-electron chi connectivity index (χ4n) is 1.89. The highest BCUT2D eigenvalue weighted by Crippen LogP contribution is 2.23. The number of carbonyl (C=O) groups is 1. The van der Waals surface area contributed by atoms with Crippen molar-refractivity contribution in [3.63, 3.8) is 0 Å². The Bertz CT molecular complexity index is 800. The first kappa shape index (κ1) is 13.1. The fourth-order valence-corrected chi connectivity index (χ4v) is 2.65. The minimum absolute atomic E-state index is 0.245. The summed E-state index contributed by atoms with van der Waals surface area (Å²) in [6, 6.07) is 10.7. The van der Waals surface area contributed by atoms with Gasteiger partial charge in [0.15, 0.2) is 0 Å². The van der Waals surface area contributed by atoms with Crippen molar-refractivity contribution in [2.45, 2.75) is 0 Å². The van der Waals surface area contributed by atoms with Gasteiger partial charge in [0.1, 0.15) is 0 Å². The molecule has 0 aliphatic carbocycles. The van der Waals surface area contributed by atoms with Crippen LogP contribution in [0.1, 0.15) is 10.4 Å². The van der Waals surface area contributed by atoms with E-state index in [9.17, 15) is 4.79 Å². The van der Waals surface area contributed by atoms with Gasteiger partial charge in [0.2, 0.25) is 0 Å². The summed E-state index contributed by atoms with van der Waals surface area (Å²) in [5.74, 6) is -0.245. The van der Waals surface area contributed by atoms with Crippen LogP contribution in [0, 0.1) is 0 Å². The van der Waals surface area contributed by atoms with Crippen LogP contribution in [-0.2, 0) is 0 Å². The molecule has 3 rings (SSSR count). The molecule has 0 bridgehead atoms. The van der Waals surface area contributed by atoms with E-state index in [1.807, 2.05) is 18.2 Å². The number of fused-ring (bicyclic) bond motifs is 1. The number of anilines is 1. The van der Waals surface area contributed by atoms with Crippen molar-refractivity contribution in [3.05, 3.63) is 57.7 Å². The van der Waals surface area contributed by atoms with Crippen molar-refractivity contribution in [2.24, 2.45) is 0 Å². The van der Waals surface area contributed by atoms with Crippen molar-refractivity contribution >= 4 is 50.0 Å². The van der Waals surface area contributed by atoms with Crippen molar-refractivity contribution in [2.75, 3.05) is 5.32 Å². The molecule has 0 radical (unpaired) electrons. The highest BCUT2D eigenvalue weighted by atomic mass is 79.9. The third-order valence-electron chi connectivity index (χ3n) is 2.87. The number of nitrogens with zero attached hydrogens (tertiary/aromatic N) is 1. The number of hydrogen-bond acceptors (Lipinski definition) is 2. The maximum absolute atomic E-state index is 12.2. The van der Waals surface area contributed by atoms with Crippen molar-refractivity contribution in [3.8, 4) is 0 Å². The lowest BCUT2D eigenvalue weighted by atomic mass is 10.2. The van der Waals surface area contributed by atoms with Gasteiger partial charge < -0.3 is 5.32 Å². The summed E-state index contributed by atoms with van der Waals surface area (Å²) in [7, 11) is 0. The minimum Gasteiger partial charge on any atom is -0.322 e. The number of aromatic nitrogens is 2. The van der Waals surface area contributed by atoms with Gasteiger partial charge in [-0.15, -0.1) is 0 Å². The third kappa shape index (κ3) is 2.55. The van der Waals surface area contributed by atoms with E-state index >= 15 is 0 Å². The molecule has 0 saturated carbocycles. The highest BCUT2D eigenvalue weighted by molar-refractivity contribution is 9.10. The summed E-state index contributed by atoms with van der Waals surface area (Å²) >= 11 is 9.37. The summed E-state index contributed by atoms with van der Waals surface area (Å²) in [6.07, 6.45) is 1.71. The molecule has 4 nitrogen and oxygen atoms in total. The standard InChI is InChI=1S/C14H9BrClN3O/c15-9-1-3-11(12(16)6-9)14(20)18-10-2-4-13-8(5-10)7-17-19-13/h1-7H,(H,17,19)(H,18,20). The second-order valence-corrected chi connectivity index (χ2v) is 5.57. The predicted octanol–water partition coefficient (Wildman–Crippen LogP) is 4.23. The monoisotopic (exact) mass is 349 g/mol. The molecule has 3 aromatic rings. The Morgan fingerprint density at radius 3 is 2.90 bits per heavy atom. The van der Waals surface area contributed by atoms with Gasteiger partial charge in [0.05, 0.1) is 22.3 Å². The van der Waals surface area contributed by atoms with Gasteiger partial charge in [-0.25, -0.2) is 0 Å². The number of rotatable bonds is 2. The molecule has 2 aromatic carbocycles. The van der Waals surface area contributed by atoms with E-state index in [1.165, 1.54) is 0 Å². The number of H-pyrrole nitrogens is 1. The zero-order valence-electron chi connectivity index (χ0n) is 10.2. The number of amides is 1. The summed E-state index contributed by atoms with van der Waals surface area (Å²) in [6.45, 7) is 0. The van der Waals surface area contributed by atoms with Gasteiger partial charge in [-0.1, -0.05) is 27.5 Å². The van der Waals surface area contributed by atoms with Crippen molar-refractivity contribution in [1.82, 2.24) is 10.2 Å². The van der Waals surface area contributed by atoms with E-state index < -0.39 is 0 Å². The number of halogens is 2. The van der Waals surface area contributed by atoms with Crippen molar-refractivity contribution < 1.29 is 4.79 Å². The van der Waals surface area contributed by atoms with Gasteiger partial charge in [0, 0.05) is 15.5 Å². The molecular formula is C14H9BrClN3O. The zero-order valence-corrected chi connectivity index (χ0v) is 12.5. The van der Waals surface area contributed by atoms with Crippen LogP contribution in [0.5, 0.6) is 0 Å². The Hall–Kier alpha value is -1.85. The van der Waals surface area contributed by atoms with Gasteiger partial charge in [-0.3, -0.25) is 9.89 Å². The number of aromatic amines is 1. The topological polar surface area (TPSA) is 57.8 Å². The second kappa shape index (κ2) is 5.26. The van der Waals surface area contributed by atoms with E-state index in [-0.39, 0.29) is 5.91 Å². The lowest BCUT2D eigenvalue weighted by molar-refractivity contribution is 0.102. The van der Waals surface area contributed by atoms with E-state index in [1.54, 1.807) is 24.4 Å². The molecule has 100 valence electrons. The average molecular weight is 351 g/mol. The summed E-state index contributed by atoms with van der Waals surface area (Å²) < 4.78 is 0.832. The Morgan fingerprint density at radius 2 is 2.10 bits per heavy atom. The number of hydrogen-bond donors (Lipinski definition) is 2. The van der Waals surface area contributed by atoms with E-state index in [0.29, 0.717) is 16.3 Å². The maximum atomic E-state index is 12.2. The second-order valence-electron chi connectivity index (χ2n) is 4.25. The van der Waals surface area contributed by atoms with E-state index in [4.69, 9.17) is 11.6 Å². The summed E-state index contributed by atoms with van der Waals surface area (Å²) in [4.78, 5) is 12.2. The molecule has 1 aromatic heterocycles. The number of nitrogens with one attached hydrogen (secondary N) is 2. The highest BCUT2D eigenvalue weighted by Gasteiger charge is 2.11. The van der Waals surface area contributed by atoms with E-state index in [2.05, 4.69) is 31.4 Å². The van der Waals surface area contributed by atoms with Crippen molar-refractivity contribution in [1.29, 1.82) is 0 Å². The van der Waals surface area contributed by atoms with Gasteiger partial charge >= 0.3 is 0 Å². The van der Waals surface area contributed by atoms with Gasteiger partial charge in [-0.2, -0.15) is 5.10 Å². The van der Waals surface area contributed by atoms with Crippen LogP contribution in [0.4, 0.5) is 5.69 Å². The van der Waals surface area contributed by atoms with Crippen LogP contribution >= 0.6 is 27.5 Å². The van der Waals surface area contributed by atoms with Crippen LogP contribution in [-0.4, -0.2) is 16.1 Å². The Labute approximate surface area is 128 Å². The number of carbonyl (C=O) groups excluding carboxylic acids is 1. The minimum atomic E-state index is -0.245. The third-order valence-corrected chi connectivity index (χ3v) is 3.68. The van der Waals surface area contributed by atoms with Crippen LogP contribution in [0.25, 0.3) is 10.9 Å². The molecule has 0 atom stereocenters. The summed E-state index contributed by atoms with van der Waals surface area (Å²) in [5.41, 5.74) is 2.05. The first-order valence-corrected chi connectivity index (χ1v) is 7.00.